The Bertz CT molecular complexity index is 915. The molecule has 0 amide bonds. The van der Waals surface area contributed by atoms with Crippen molar-refractivity contribution in [2.45, 2.75) is 19.6 Å². The molecule has 2 aromatic heterocycles. The zero-order valence-corrected chi connectivity index (χ0v) is 13.7. The Hall–Kier alpha value is -3.10. The highest BCUT2D eigenvalue weighted by Gasteiger charge is 2.30. The van der Waals surface area contributed by atoms with E-state index < -0.39 is 17.7 Å². The van der Waals surface area contributed by atoms with Crippen LogP contribution in [0, 0.1) is 0 Å². The lowest BCUT2D eigenvalue weighted by Crippen LogP contribution is -2.05. The van der Waals surface area contributed by atoms with E-state index in [4.69, 9.17) is 4.74 Å². The van der Waals surface area contributed by atoms with Crippen molar-refractivity contribution in [3.63, 3.8) is 0 Å². The number of carbonyl (C=O) groups excluding carboxylic acids is 1. The second kappa shape index (κ2) is 7.03. The standard InChI is InChI=1S/C17H15F3N4O2/c1-2-26-16(25)12-7-22-24(9-12)10-15-21-8-14(23-15)11-4-3-5-13(6-11)17(18,19)20/h3-9H,2,10H2,1H3,(H,21,23). The van der Waals surface area contributed by atoms with Gasteiger partial charge in [-0.2, -0.15) is 18.3 Å². The predicted octanol–water partition coefficient (Wildman–Crippen LogP) is 3.52. The highest BCUT2D eigenvalue weighted by atomic mass is 19.4. The van der Waals surface area contributed by atoms with Gasteiger partial charge in [-0.1, -0.05) is 12.1 Å². The number of hydrogen-bond donors (Lipinski definition) is 1. The van der Waals surface area contributed by atoms with Crippen molar-refractivity contribution in [3.8, 4) is 11.3 Å². The van der Waals surface area contributed by atoms with Crippen LogP contribution in [0.3, 0.4) is 0 Å². The molecule has 0 fully saturated rings. The number of imidazole rings is 1. The topological polar surface area (TPSA) is 72.8 Å². The van der Waals surface area contributed by atoms with Gasteiger partial charge in [0.15, 0.2) is 0 Å². The fourth-order valence-corrected chi connectivity index (χ4v) is 2.38. The summed E-state index contributed by atoms with van der Waals surface area (Å²) < 4.78 is 44.8. The number of rotatable bonds is 5. The number of nitrogens with one attached hydrogen (secondary N) is 1. The van der Waals surface area contributed by atoms with Gasteiger partial charge in [-0.05, 0) is 19.1 Å². The summed E-state index contributed by atoms with van der Waals surface area (Å²) in [7, 11) is 0. The molecule has 3 aromatic rings. The number of hydrogen-bond acceptors (Lipinski definition) is 4. The van der Waals surface area contributed by atoms with E-state index in [-0.39, 0.29) is 13.2 Å². The summed E-state index contributed by atoms with van der Waals surface area (Å²) in [5.41, 5.74) is 0.434. The van der Waals surface area contributed by atoms with Gasteiger partial charge >= 0.3 is 12.1 Å². The Kier molecular flexibility index (Phi) is 4.79. The third-order valence-corrected chi connectivity index (χ3v) is 3.59. The van der Waals surface area contributed by atoms with Crippen molar-refractivity contribution in [3.05, 3.63) is 59.8 Å². The molecule has 0 unspecified atom stereocenters. The molecule has 1 N–H and O–H groups in total. The summed E-state index contributed by atoms with van der Waals surface area (Å²) in [4.78, 5) is 18.7. The van der Waals surface area contributed by atoms with Crippen LogP contribution < -0.4 is 0 Å². The van der Waals surface area contributed by atoms with E-state index in [1.807, 2.05) is 0 Å². The average Bonchev–Trinajstić information content (AvgIpc) is 3.25. The lowest BCUT2D eigenvalue weighted by Gasteiger charge is -2.07. The Morgan fingerprint density at radius 2 is 2.12 bits per heavy atom. The molecule has 0 aliphatic rings. The van der Waals surface area contributed by atoms with Crippen molar-refractivity contribution in [2.24, 2.45) is 0 Å². The van der Waals surface area contributed by atoms with Gasteiger partial charge in [-0.15, -0.1) is 0 Å². The van der Waals surface area contributed by atoms with Crippen LogP contribution in [0.1, 0.15) is 28.7 Å². The fourth-order valence-electron chi connectivity index (χ4n) is 2.38. The number of aromatic nitrogens is 4. The highest BCUT2D eigenvalue weighted by molar-refractivity contribution is 5.88. The van der Waals surface area contributed by atoms with Crippen LogP contribution in [-0.4, -0.2) is 32.3 Å². The summed E-state index contributed by atoms with van der Waals surface area (Å²) in [6, 6.07) is 4.99. The van der Waals surface area contributed by atoms with Gasteiger partial charge < -0.3 is 9.72 Å². The minimum atomic E-state index is -4.41. The quantitative estimate of drug-likeness (QED) is 0.703. The Balaban J connectivity index is 1.76. The molecule has 2 heterocycles. The van der Waals surface area contributed by atoms with Crippen LogP contribution in [-0.2, 0) is 17.5 Å². The first-order valence-electron chi connectivity index (χ1n) is 7.78. The molecule has 0 saturated heterocycles. The van der Waals surface area contributed by atoms with E-state index in [1.54, 1.807) is 13.0 Å². The second-order valence-electron chi connectivity index (χ2n) is 5.47. The molecule has 0 aliphatic carbocycles. The molecule has 0 bridgehead atoms. The lowest BCUT2D eigenvalue weighted by atomic mass is 10.1. The molecule has 1 aromatic carbocycles. The Morgan fingerprint density at radius 1 is 1.31 bits per heavy atom. The number of ether oxygens (including phenoxy) is 1. The average molecular weight is 364 g/mol. The molecule has 0 spiro atoms. The van der Waals surface area contributed by atoms with Crippen LogP contribution in [0.2, 0.25) is 0 Å². The van der Waals surface area contributed by atoms with Gasteiger partial charge in [0.1, 0.15) is 5.82 Å². The van der Waals surface area contributed by atoms with Crippen LogP contribution in [0.4, 0.5) is 13.2 Å². The molecule has 0 atom stereocenters. The summed E-state index contributed by atoms with van der Waals surface area (Å²) >= 11 is 0. The summed E-state index contributed by atoms with van der Waals surface area (Å²) in [6.07, 6.45) is -0.0445. The van der Waals surface area contributed by atoms with Crippen LogP contribution >= 0.6 is 0 Å². The van der Waals surface area contributed by atoms with E-state index in [0.717, 1.165) is 12.1 Å². The molecular weight excluding hydrogens is 349 g/mol. The van der Waals surface area contributed by atoms with E-state index in [1.165, 1.54) is 29.3 Å². The molecule has 26 heavy (non-hydrogen) atoms. The van der Waals surface area contributed by atoms with E-state index in [0.29, 0.717) is 22.6 Å². The van der Waals surface area contributed by atoms with Crippen molar-refractivity contribution < 1.29 is 22.7 Å². The van der Waals surface area contributed by atoms with Crippen LogP contribution in [0.25, 0.3) is 11.3 Å². The third kappa shape index (κ3) is 3.93. The second-order valence-corrected chi connectivity index (χ2v) is 5.47. The van der Waals surface area contributed by atoms with Crippen LogP contribution in [0.15, 0.2) is 42.9 Å². The maximum atomic E-state index is 12.8. The third-order valence-electron chi connectivity index (χ3n) is 3.59. The highest BCUT2D eigenvalue weighted by Crippen LogP contribution is 2.31. The van der Waals surface area contributed by atoms with Gasteiger partial charge in [-0.3, -0.25) is 4.68 Å². The molecule has 0 saturated carbocycles. The minimum Gasteiger partial charge on any atom is -0.462 e. The lowest BCUT2D eigenvalue weighted by molar-refractivity contribution is -0.137. The van der Waals surface area contributed by atoms with E-state index in [2.05, 4.69) is 15.1 Å². The van der Waals surface area contributed by atoms with Gasteiger partial charge in [0, 0.05) is 11.8 Å². The van der Waals surface area contributed by atoms with Crippen molar-refractivity contribution >= 4 is 5.97 Å². The first kappa shape index (κ1) is 17.7. The van der Waals surface area contributed by atoms with Gasteiger partial charge in [0.25, 0.3) is 0 Å². The van der Waals surface area contributed by atoms with Crippen molar-refractivity contribution in [1.82, 2.24) is 19.7 Å². The van der Waals surface area contributed by atoms with Gasteiger partial charge in [-0.25, -0.2) is 9.78 Å². The number of H-pyrrole nitrogens is 1. The largest absolute Gasteiger partial charge is 0.462 e. The van der Waals surface area contributed by atoms with E-state index in [9.17, 15) is 18.0 Å². The maximum Gasteiger partial charge on any atom is 0.416 e. The number of halogens is 3. The number of nitrogens with zero attached hydrogens (tertiary/aromatic N) is 3. The number of aromatic amines is 1. The first-order valence-corrected chi connectivity index (χ1v) is 7.78. The normalized spacial score (nSPS) is 11.5. The Morgan fingerprint density at radius 3 is 2.85 bits per heavy atom. The van der Waals surface area contributed by atoms with Crippen molar-refractivity contribution in [1.29, 1.82) is 0 Å². The molecule has 0 aliphatic heterocycles. The molecule has 0 radical (unpaired) electrons. The molecule has 9 heteroatoms. The first-order chi connectivity index (χ1) is 12.4. The summed E-state index contributed by atoms with van der Waals surface area (Å²) in [6.45, 7) is 2.21. The number of alkyl halides is 3. The molecular formula is C17H15F3N4O2. The van der Waals surface area contributed by atoms with Gasteiger partial charge in [0.05, 0.1) is 42.4 Å². The smallest absolute Gasteiger partial charge is 0.416 e. The molecule has 6 nitrogen and oxygen atoms in total. The monoisotopic (exact) mass is 364 g/mol. The zero-order valence-electron chi connectivity index (χ0n) is 13.7. The SMILES string of the molecule is CCOC(=O)c1cnn(Cc2ncc(-c3cccc(C(F)(F)F)c3)[nH]2)c1. The maximum absolute atomic E-state index is 12.8. The number of carbonyl (C=O) groups is 1. The van der Waals surface area contributed by atoms with E-state index >= 15 is 0 Å². The predicted molar refractivity (Wildman–Crippen MR) is 86.3 cm³/mol. The molecule has 3 rings (SSSR count). The van der Waals surface area contributed by atoms with Gasteiger partial charge in [0.2, 0.25) is 0 Å². The summed E-state index contributed by atoms with van der Waals surface area (Å²) in [5.74, 6) is 0.0266. The van der Waals surface area contributed by atoms with Crippen LogP contribution in [0.5, 0.6) is 0 Å². The summed E-state index contributed by atoms with van der Waals surface area (Å²) in [5, 5.41) is 4.05. The Labute approximate surface area is 146 Å². The van der Waals surface area contributed by atoms with Crippen molar-refractivity contribution in [2.75, 3.05) is 6.61 Å². The minimum absolute atomic E-state index is 0.234. The number of esters is 1. The molecule has 136 valence electrons. The number of benzene rings is 1. The fraction of sp³-hybridized carbons (Fsp3) is 0.235. The zero-order chi connectivity index (χ0) is 18.7.